The van der Waals surface area contributed by atoms with Gasteiger partial charge in [0.05, 0.1) is 0 Å². The fourth-order valence-electron chi connectivity index (χ4n) is 2.57. The van der Waals surface area contributed by atoms with Crippen molar-refractivity contribution in [3.8, 4) is 0 Å². The van der Waals surface area contributed by atoms with E-state index in [0.717, 1.165) is 29.0 Å². The van der Waals surface area contributed by atoms with E-state index in [1.165, 1.54) is 16.7 Å². The van der Waals surface area contributed by atoms with Crippen LogP contribution in [0.5, 0.6) is 0 Å². The Morgan fingerprint density at radius 3 is 2.63 bits per heavy atom. The average Bonchev–Trinajstić information content (AvgIpc) is 2.39. The molecule has 0 amide bonds. The van der Waals surface area contributed by atoms with E-state index in [1.54, 1.807) is 6.08 Å². The molecule has 0 saturated carbocycles. The standard InChI is InChI=1S/C18H21N/c1-4-7-15-8-5-6-9-17(15)18(19)16-11-10-13(2)12-14(16)3/h4-9,12H,1,10-11,19H2,2-3H3/b15-7-,18-17-. The van der Waals surface area contributed by atoms with Gasteiger partial charge in [-0.3, -0.25) is 0 Å². The third kappa shape index (κ3) is 2.87. The zero-order chi connectivity index (χ0) is 13.8. The summed E-state index contributed by atoms with van der Waals surface area (Å²) in [7, 11) is 0. The highest BCUT2D eigenvalue weighted by Gasteiger charge is 2.11. The van der Waals surface area contributed by atoms with Gasteiger partial charge in [-0.1, -0.05) is 54.6 Å². The van der Waals surface area contributed by atoms with Crippen molar-refractivity contribution in [1.82, 2.24) is 0 Å². The Bertz CT molecular complexity index is 672. The van der Waals surface area contributed by atoms with Crippen LogP contribution in [0.4, 0.5) is 0 Å². The van der Waals surface area contributed by atoms with Gasteiger partial charge in [-0.25, -0.2) is 0 Å². The van der Waals surface area contributed by atoms with Crippen LogP contribution >= 0.6 is 0 Å². The molecule has 1 nitrogen and oxygen atoms in total. The molecule has 0 fully saturated rings. The van der Waals surface area contributed by atoms with Crippen molar-refractivity contribution < 1.29 is 0 Å². The monoisotopic (exact) mass is 251 g/mol. The van der Waals surface area contributed by atoms with Crippen molar-refractivity contribution in [1.29, 1.82) is 0 Å². The molecule has 19 heavy (non-hydrogen) atoms. The third-order valence-electron chi connectivity index (χ3n) is 3.58. The predicted octanol–water partition coefficient (Wildman–Crippen LogP) is 2.78. The average molecular weight is 251 g/mol. The van der Waals surface area contributed by atoms with Crippen molar-refractivity contribution >= 4 is 11.8 Å². The molecule has 1 aliphatic rings. The van der Waals surface area contributed by atoms with E-state index in [9.17, 15) is 0 Å². The normalized spacial score (nSPS) is 18.2. The van der Waals surface area contributed by atoms with Crippen LogP contribution in [0.15, 0.2) is 59.7 Å². The van der Waals surface area contributed by atoms with Crippen molar-refractivity contribution in [3.05, 3.63) is 70.2 Å². The van der Waals surface area contributed by atoms with Gasteiger partial charge in [0.15, 0.2) is 0 Å². The summed E-state index contributed by atoms with van der Waals surface area (Å²) in [5, 5.41) is 2.23. The maximum absolute atomic E-state index is 6.41. The van der Waals surface area contributed by atoms with Crippen LogP contribution in [-0.2, 0) is 0 Å². The molecule has 0 saturated heterocycles. The van der Waals surface area contributed by atoms with Crippen LogP contribution in [0.25, 0.3) is 11.8 Å². The van der Waals surface area contributed by atoms with Crippen molar-refractivity contribution in [2.45, 2.75) is 26.7 Å². The molecule has 0 aromatic heterocycles. The number of hydrogen-bond acceptors (Lipinski definition) is 1. The number of benzene rings is 1. The molecule has 2 rings (SSSR count). The lowest BCUT2D eigenvalue weighted by molar-refractivity contribution is 0.909. The molecule has 1 aliphatic carbocycles. The van der Waals surface area contributed by atoms with Gasteiger partial charge >= 0.3 is 0 Å². The van der Waals surface area contributed by atoms with E-state index in [2.05, 4.69) is 38.6 Å². The minimum atomic E-state index is 0.898. The zero-order valence-electron chi connectivity index (χ0n) is 11.7. The third-order valence-corrected chi connectivity index (χ3v) is 3.58. The maximum atomic E-state index is 6.41. The van der Waals surface area contributed by atoms with E-state index in [0.29, 0.717) is 0 Å². The summed E-state index contributed by atoms with van der Waals surface area (Å²) in [6, 6.07) is 8.21. The number of nitrogens with two attached hydrogens (primary N) is 1. The quantitative estimate of drug-likeness (QED) is 0.859. The molecule has 1 aromatic rings. The van der Waals surface area contributed by atoms with Gasteiger partial charge in [-0.2, -0.15) is 0 Å². The van der Waals surface area contributed by atoms with Gasteiger partial charge in [-0.05, 0) is 43.1 Å². The summed E-state index contributed by atoms with van der Waals surface area (Å²) < 4.78 is 0. The summed E-state index contributed by atoms with van der Waals surface area (Å²) in [6.07, 6.45) is 8.18. The van der Waals surface area contributed by atoms with Crippen LogP contribution in [0, 0.1) is 0 Å². The Morgan fingerprint density at radius 2 is 1.95 bits per heavy atom. The molecule has 2 N–H and O–H groups in total. The van der Waals surface area contributed by atoms with Crippen LogP contribution in [0.1, 0.15) is 26.7 Å². The Morgan fingerprint density at radius 1 is 1.21 bits per heavy atom. The highest BCUT2D eigenvalue weighted by Crippen LogP contribution is 2.26. The number of allylic oxidation sites excluding steroid dienone is 4. The van der Waals surface area contributed by atoms with Crippen LogP contribution in [-0.4, -0.2) is 0 Å². The van der Waals surface area contributed by atoms with E-state index < -0.39 is 0 Å². The lowest BCUT2D eigenvalue weighted by atomic mass is 9.91. The Kier molecular flexibility index (Phi) is 4.06. The molecule has 0 unspecified atom stereocenters. The molecular weight excluding hydrogens is 230 g/mol. The first-order valence-electron chi connectivity index (χ1n) is 6.68. The summed E-state index contributed by atoms with van der Waals surface area (Å²) >= 11 is 0. The van der Waals surface area contributed by atoms with E-state index >= 15 is 0 Å². The largest absolute Gasteiger partial charge is 0.398 e. The molecule has 0 radical (unpaired) electrons. The molecule has 0 spiro atoms. The summed E-state index contributed by atoms with van der Waals surface area (Å²) in [4.78, 5) is 0. The fourth-order valence-corrected chi connectivity index (χ4v) is 2.57. The molecule has 1 heteroatoms. The van der Waals surface area contributed by atoms with Gasteiger partial charge < -0.3 is 5.73 Å². The molecule has 98 valence electrons. The van der Waals surface area contributed by atoms with Gasteiger partial charge in [0.25, 0.3) is 0 Å². The van der Waals surface area contributed by atoms with Crippen molar-refractivity contribution in [2.75, 3.05) is 0 Å². The van der Waals surface area contributed by atoms with Crippen LogP contribution in [0.3, 0.4) is 0 Å². The minimum absolute atomic E-state index is 0.898. The topological polar surface area (TPSA) is 26.0 Å². The summed E-state index contributed by atoms with van der Waals surface area (Å²) in [5.74, 6) is 0. The first-order chi connectivity index (χ1) is 9.13. The maximum Gasteiger partial charge on any atom is 0.0429 e. The van der Waals surface area contributed by atoms with Crippen LogP contribution < -0.4 is 16.2 Å². The Labute approximate surface area is 115 Å². The van der Waals surface area contributed by atoms with E-state index in [1.807, 2.05) is 18.2 Å². The minimum Gasteiger partial charge on any atom is -0.398 e. The first-order valence-corrected chi connectivity index (χ1v) is 6.68. The number of hydrogen-bond donors (Lipinski definition) is 1. The fraction of sp³-hybridized carbons (Fsp3) is 0.222. The lowest BCUT2D eigenvalue weighted by Crippen LogP contribution is -2.30. The molecule has 1 aromatic carbocycles. The van der Waals surface area contributed by atoms with E-state index in [4.69, 9.17) is 5.73 Å². The lowest BCUT2D eigenvalue weighted by Gasteiger charge is -2.17. The highest BCUT2D eigenvalue weighted by molar-refractivity contribution is 5.65. The second kappa shape index (κ2) is 5.75. The van der Waals surface area contributed by atoms with E-state index in [-0.39, 0.29) is 0 Å². The molecule has 0 bridgehead atoms. The molecule has 0 atom stereocenters. The summed E-state index contributed by atoms with van der Waals surface area (Å²) in [6.45, 7) is 8.09. The molecule has 0 aliphatic heterocycles. The highest BCUT2D eigenvalue weighted by atomic mass is 14.6. The second-order valence-electron chi connectivity index (χ2n) is 5.06. The van der Waals surface area contributed by atoms with Gasteiger partial charge in [-0.15, -0.1) is 0 Å². The predicted molar refractivity (Wildman–Crippen MR) is 83.6 cm³/mol. The van der Waals surface area contributed by atoms with Gasteiger partial charge in [0.1, 0.15) is 0 Å². The van der Waals surface area contributed by atoms with Crippen LogP contribution in [0.2, 0.25) is 0 Å². The smallest absolute Gasteiger partial charge is 0.0429 e. The second-order valence-corrected chi connectivity index (χ2v) is 5.06. The number of rotatable bonds is 2. The molecule has 0 heterocycles. The Hall–Kier alpha value is -2.02. The first kappa shape index (κ1) is 13.4. The van der Waals surface area contributed by atoms with Gasteiger partial charge in [0, 0.05) is 10.9 Å². The summed E-state index contributed by atoms with van der Waals surface area (Å²) in [5.41, 5.74) is 11.3. The van der Waals surface area contributed by atoms with Gasteiger partial charge in [0.2, 0.25) is 0 Å². The SMILES string of the molecule is C=C/C=c1/cccc/c1=C(/N)C1=C(C)C=C(C)CC1. The Balaban J connectivity index is 2.71. The van der Waals surface area contributed by atoms with Crippen molar-refractivity contribution in [3.63, 3.8) is 0 Å². The van der Waals surface area contributed by atoms with Crippen molar-refractivity contribution in [2.24, 2.45) is 5.73 Å². The molecular formula is C18H21N. The zero-order valence-corrected chi connectivity index (χ0v) is 11.7.